The lowest BCUT2D eigenvalue weighted by atomic mass is 9.88. The van der Waals surface area contributed by atoms with Gasteiger partial charge in [-0.1, -0.05) is 40.7 Å². The number of alkyl halides is 4. The smallest absolute Gasteiger partial charge is 0.286 e. The lowest BCUT2D eigenvalue weighted by Crippen LogP contribution is -2.39. The summed E-state index contributed by atoms with van der Waals surface area (Å²) in [4.78, 5) is 0. The average molecular weight is 336 g/mol. The number of benzene rings is 1. The standard InChI is InChI=1S/C17H24F4O2/c1-12(2)16(18,19)10-22-13-7-6-8-14(9-13)23-11-17(20,21)15(3,4)5/h6-9,12H,10-11H2,1-5H3. The predicted molar refractivity (Wildman–Crippen MR) is 81.6 cm³/mol. The van der Waals surface area contributed by atoms with Crippen molar-refractivity contribution < 1.29 is 27.0 Å². The molecular formula is C17H24F4O2. The monoisotopic (exact) mass is 336 g/mol. The van der Waals surface area contributed by atoms with E-state index in [1.165, 1.54) is 58.9 Å². The summed E-state index contributed by atoms with van der Waals surface area (Å²) >= 11 is 0. The fourth-order valence-electron chi connectivity index (χ4n) is 1.39. The van der Waals surface area contributed by atoms with Gasteiger partial charge in [-0.3, -0.25) is 0 Å². The molecule has 1 rings (SSSR count). The van der Waals surface area contributed by atoms with E-state index in [9.17, 15) is 17.6 Å². The molecule has 6 heteroatoms. The fraction of sp³-hybridized carbons (Fsp3) is 0.647. The first-order chi connectivity index (χ1) is 10.3. The van der Waals surface area contributed by atoms with E-state index in [-0.39, 0.29) is 11.5 Å². The van der Waals surface area contributed by atoms with Gasteiger partial charge in [-0.15, -0.1) is 0 Å². The summed E-state index contributed by atoms with van der Waals surface area (Å²) in [5, 5.41) is 0. The Morgan fingerprint density at radius 2 is 1.39 bits per heavy atom. The molecule has 1 aromatic carbocycles. The number of rotatable bonds is 7. The van der Waals surface area contributed by atoms with Crippen LogP contribution in [0.25, 0.3) is 0 Å². The number of ether oxygens (including phenoxy) is 2. The summed E-state index contributed by atoms with van der Waals surface area (Å²) in [6.07, 6.45) is 0. The molecule has 0 N–H and O–H groups in total. The highest BCUT2D eigenvalue weighted by molar-refractivity contribution is 5.33. The molecule has 0 aromatic heterocycles. The van der Waals surface area contributed by atoms with Crippen LogP contribution < -0.4 is 9.47 Å². The molecule has 0 spiro atoms. The summed E-state index contributed by atoms with van der Waals surface area (Å²) in [6, 6.07) is 5.79. The van der Waals surface area contributed by atoms with Gasteiger partial charge in [0.1, 0.15) is 11.5 Å². The van der Waals surface area contributed by atoms with E-state index in [2.05, 4.69) is 0 Å². The molecule has 0 saturated heterocycles. The lowest BCUT2D eigenvalue weighted by molar-refractivity contribution is -0.123. The second kappa shape index (κ2) is 6.97. The van der Waals surface area contributed by atoms with Crippen LogP contribution in [0.3, 0.4) is 0 Å². The zero-order chi connectivity index (χ0) is 17.9. The molecule has 0 aliphatic heterocycles. The van der Waals surface area contributed by atoms with E-state index in [1.807, 2.05) is 0 Å². The molecule has 0 atom stereocenters. The van der Waals surface area contributed by atoms with Gasteiger partial charge in [0.25, 0.3) is 11.8 Å². The van der Waals surface area contributed by atoms with E-state index in [1.54, 1.807) is 0 Å². The van der Waals surface area contributed by atoms with Crippen molar-refractivity contribution in [3.05, 3.63) is 24.3 Å². The third kappa shape index (κ3) is 5.59. The zero-order valence-corrected chi connectivity index (χ0v) is 14.1. The van der Waals surface area contributed by atoms with Crippen molar-refractivity contribution in [3.8, 4) is 11.5 Å². The summed E-state index contributed by atoms with van der Waals surface area (Å²) in [6.45, 7) is 5.50. The van der Waals surface area contributed by atoms with Gasteiger partial charge in [-0.25, -0.2) is 17.6 Å². The molecule has 132 valence electrons. The highest BCUT2D eigenvalue weighted by Crippen LogP contribution is 2.36. The van der Waals surface area contributed by atoms with Crippen LogP contribution in [0.1, 0.15) is 34.6 Å². The van der Waals surface area contributed by atoms with Crippen molar-refractivity contribution in [2.45, 2.75) is 46.5 Å². The Hall–Kier alpha value is -1.46. The van der Waals surface area contributed by atoms with Gasteiger partial charge in [-0.2, -0.15) is 0 Å². The number of hydrogen-bond acceptors (Lipinski definition) is 2. The highest BCUT2D eigenvalue weighted by Gasteiger charge is 2.43. The van der Waals surface area contributed by atoms with Crippen LogP contribution in [0.5, 0.6) is 11.5 Å². The van der Waals surface area contributed by atoms with Gasteiger partial charge < -0.3 is 9.47 Å². The summed E-state index contributed by atoms with van der Waals surface area (Å²) in [5.74, 6) is -6.53. The molecule has 0 amide bonds. The summed E-state index contributed by atoms with van der Waals surface area (Å²) in [7, 11) is 0. The highest BCUT2D eigenvalue weighted by atomic mass is 19.3. The fourth-order valence-corrected chi connectivity index (χ4v) is 1.39. The van der Waals surface area contributed by atoms with Crippen molar-refractivity contribution in [2.24, 2.45) is 11.3 Å². The van der Waals surface area contributed by atoms with Gasteiger partial charge in [0.2, 0.25) is 0 Å². The van der Waals surface area contributed by atoms with Crippen LogP contribution in [-0.4, -0.2) is 25.1 Å². The zero-order valence-electron chi connectivity index (χ0n) is 14.1. The maximum atomic E-state index is 13.9. The quantitative estimate of drug-likeness (QED) is 0.619. The molecule has 0 aliphatic carbocycles. The molecule has 0 saturated carbocycles. The topological polar surface area (TPSA) is 18.5 Å². The van der Waals surface area contributed by atoms with Crippen molar-refractivity contribution in [2.75, 3.05) is 13.2 Å². The molecule has 0 radical (unpaired) electrons. The average Bonchev–Trinajstić information content (AvgIpc) is 2.42. The van der Waals surface area contributed by atoms with Gasteiger partial charge in [0.05, 0.1) is 0 Å². The Balaban J connectivity index is 2.68. The van der Waals surface area contributed by atoms with Gasteiger partial charge >= 0.3 is 0 Å². The normalized spacial score (nSPS) is 13.3. The minimum absolute atomic E-state index is 0.152. The van der Waals surface area contributed by atoms with E-state index in [4.69, 9.17) is 9.47 Å². The third-order valence-electron chi connectivity index (χ3n) is 3.60. The van der Waals surface area contributed by atoms with E-state index in [0.717, 1.165) is 0 Å². The lowest BCUT2D eigenvalue weighted by Gasteiger charge is -2.30. The van der Waals surface area contributed by atoms with Crippen LogP contribution in [0, 0.1) is 11.3 Å². The Morgan fingerprint density at radius 1 is 0.913 bits per heavy atom. The maximum absolute atomic E-state index is 13.9. The largest absolute Gasteiger partial charge is 0.487 e. The molecule has 0 aliphatic rings. The van der Waals surface area contributed by atoms with Crippen LogP contribution in [0.2, 0.25) is 0 Å². The molecule has 1 aromatic rings. The number of hydrogen-bond donors (Lipinski definition) is 0. The maximum Gasteiger partial charge on any atom is 0.286 e. The minimum atomic E-state index is -3.02. The first-order valence-corrected chi connectivity index (χ1v) is 7.46. The second-order valence-electron chi connectivity index (χ2n) is 6.92. The number of halogens is 4. The first-order valence-electron chi connectivity index (χ1n) is 7.46. The SMILES string of the molecule is CC(C)C(F)(F)COc1cccc(OCC(F)(F)C(C)(C)C)c1. The first kappa shape index (κ1) is 19.6. The minimum Gasteiger partial charge on any atom is -0.487 e. The van der Waals surface area contributed by atoms with Crippen LogP contribution in [0.15, 0.2) is 24.3 Å². The molecule has 23 heavy (non-hydrogen) atoms. The van der Waals surface area contributed by atoms with E-state index >= 15 is 0 Å². The predicted octanol–water partition coefficient (Wildman–Crippen LogP) is 5.42. The molecule has 0 bridgehead atoms. The summed E-state index contributed by atoms with van der Waals surface area (Å²) in [5.41, 5.74) is -1.24. The van der Waals surface area contributed by atoms with Gasteiger partial charge in [-0.05, 0) is 12.1 Å². The second-order valence-corrected chi connectivity index (χ2v) is 6.92. The van der Waals surface area contributed by atoms with Crippen LogP contribution >= 0.6 is 0 Å². The van der Waals surface area contributed by atoms with E-state index < -0.39 is 36.4 Å². The van der Waals surface area contributed by atoms with Crippen LogP contribution in [0.4, 0.5) is 17.6 Å². The molecular weight excluding hydrogens is 312 g/mol. The Bertz CT molecular complexity index is 508. The Kier molecular flexibility index (Phi) is 5.94. The van der Waals surface area contributed by atoms with Crippen LogP contribution in [-0.2, 0) is 0 Å². The molecule has 0 fully saturated rings. The molecule has 0 unspecified atom stereocenters. The van der Waals surface area contributed by atoms with E-state index in [0.29, 0.717) is 0 Å². The summed E-state index contributed by atoms with van der Waals surface area (Å²) < 4.78 is 64.9. The molecule has 2 nitrogen and oxygen atoms in total. The molecule has 0 heterocycles. The van der Waals surface area contributed by atoms with Crippen molar-refractivity contribution in [1.82, 2.24) is 0 Å². The van der Waals surface area contributed by atoms with Crippen molar-refractivity contribution >= 4 is 0 Å². The third-order valence-corrected chi connectivity index (χ3v) is 3.60. The van der Waals surface area contributed by atoms with Gasteiger partial charge in [0.15, 0.2) is 13.2 Å². The Labute approximate surface area is 134 Å². The van der Waals surface area contributed by atoms with Crippen molar-refractivity contribution in [1.29, 1.82) is 0 Å². The van der Waals surface area contributed by atoms with Crippen molar-refractivity contribution in [3.63, 3.8) is 0 Å². The Morgan fingerprint density at radius 3 is 1.83 bits per heavy atom. The van der Waals surface area contributed by atoms with Gasteiger partial charge in [0, 0.05) is 17.4 Å².